The molecular weight excluding hydrogens is 392 g/mol. The number of primary amides is 1. The molecule has 1 aromatic carbocycles. The molecule has 2 heterocycles. The van der Waals surface area contributed by atoms with Crippen molar-refractivity contribution in [2.45, 2.75) is 50.5 Å². The van der Waals surface area contributed by atoms with Crippen molar-refractivity contribution in [2.75, 3.05) is 19.6 Å². The van der Waals surface area contributed by atoms with Crippen LogP contribution in [0.1, 0.15) is 36.8 Å². The number of urea groups is 1. The first-order valence-corrected chi connectivity index (χ1v) is 9.59. The number of nitrogens with two attached hydrogens (primary N) is 1. The van der Waals surface area contributed by atoms with Crippen LogP contribution in [0.5, 0.6) is 0 Å². The second-order valence-corrected chi connectivity index (χ2v) is 7.57. The Hall–Kier alpha value is -2.36. The molecule has 2 aliphatic heterocycles. The first kappa shape index (κ1) is 21.4. The highest BCUT2D eigenvalue weighted by atomic mass is 19.4. The van der Waals surface area contributed by atoms with Crippen molar-refractivity contribution in [2.24, 2.45) is 5.73 Å². The van der Waals surface area contributed by atoms with E-state index in [1.807, 2.05) is 0 Å². The zero-order valence-electron chi connectivity index (χ0n) is 15.8. The quantitative estimate of drug-likeness (QED) is 0.724. The number of nitrogens with zero attached hydrogens (tertiary/aromatic N) is 2. The molecule has 1 aromatic rings. The van der Waals surface area contributed by atoms with Crippen molar-refractivity contribution in [3.05, 3.63) is 35.1 Å². The summed E-state index contributed by atoms with van der Waals surface area (Å²) in [5, 5.41) is 2.37. The average molecular weight is 416 g/mol. The summed E-state index contributed by atoms with van der Waals surface area (Å²) in [7, 11) is 0. The van der Waals surface area contributed by atoms with Crippen molar-refractivity contribution < 1.29 is 27.2 Å². The highest BCUT2D eigenvalue weighted by Gasteiger charge is 2.38. The molecule has 2 aliphatic rings. The van der Waals surface area contributed by atoms with Gasteiger partial charge in [0.2, 0.25) is 5.91 Å². The summed E-state index contributed by atoms with van der Waals surface area (Å²) in [6.45, 7) is 2.04. The monoisotopic (exact) mass is 416 g/mol. The smallest absolute Gasteiger partial charge is 0.352 e. The van der Waals surface area contributed by atoms with Gasteiger partial charge in [0.25, 0.3) is 0 Å². The number of amides is 3. The minimum Gasteiger partial charge on any atom is -0.352 e. The molecule has 0 saturated carbocycles. The maximum absolute atomic E-state index is 14.3. The number of likely N-dealkylation sites (tertiary alicyclic amines) is 2. The Morgan fingerprint density at radius 3 is 2.52 bits per heavy atom. The molecule has 6 nitrogen and oxygen atoms in total. The van der Waals surface area contributed by atoms with Crippen LogP contribution in [0, 0.1) is 5.82 Å². The van der Waals surface area contributed by atoms with Crippen LogP contribution in [0.4, 0.5) is 22.4 Å². The normalized spacial score (nSPS) is 23.4. The van der Waals surface area contributed by atoms with Crippen LogP contribution in [-0.4, -0.2) is 53.5 Å². The van der Waals surface area contributed by atoms with Gasteiger partial charge >= 0.3 is 12.2 Å². The first-order valence-electron chi connectivity index (χ1n) is 9.59. The van der Waals surface area contributed by atoms with Crippen molar-refractivity contribution in [1.82, 2.24) is 15.1 Å². The Balaban J connectivity index is 1.85. The lowest BCUT2D eigenvalue weighted by atomic mass is 9.95. The SMILES string of the molecule is NC(=O)N[C@@H]1CC[C@@H](CN2CCCC2)N(Cc2cc(C(F)(F)F)ccc2F)C1=O. The van der Waals surface area contributed by atoms with E-state index in [1.165, 1.54) is 4.90 Å². The summed E-state index contributed by atoms with van der Waals surface area (Å²) in [5.74, 6) is -1.27. The fourth-order valence-corrected chi connectivity index (χ4v) is 4.04. The number of nitrogens with one attached hydrogen (secondary N) is 1. The molecule has 29 heavy (non-hydrogen) atoms. The highest BCUT2D eigenvalue weighted by Crippen LogP contribution is 2.31. The number of piperidine rings is 1. The molecule has 3 N–H and O–H groups in total. The largest absolute Gasteiger partial charge is 0.416 e. The molecule has 0 unspecified atom stereocenters. The Kier molecular flexibility index (Phi) is 6.30. The van der Waals surface area contributed by atoms with E-state index in [2.05, 4.69) is 10.2 Å². The number of carbonyl (C=O) groups excluding carboxylic acids is 2. The van der Waals surface area contributed by atoms with E-state index in [0.29, 0.717) is 25.5 Å². The third-order valence-corrected chi connectivity index (χ3v) is 5.51. The number of rotatable bonds is 5. The molecule has 0 radical (unpaired) electrons. The second kappa shape index (κ2) is 8.56. The molecule has 160 valence electrons. The Morgan fingerprint density at radius 1 is 1.21 bits per heavy atom. The van der Waals surface area contributed by atoms with Crippen molar-refractivity contribution >= 4 is 11.9 Å². The van der Waals surface area contributed by atoms with E-state index >= 15 is 0 Å². The number of benzene rings is 1. The van der Waals surface area contributed by atoms with Crippen LogP contribution in [0.15, 0.2) is 18.2 Å². The average Bonchev–Trinajstić information content (AvgIpc) is 3.13. The zero-order chi connectivity index (χ0) is 21.2. The van der Waals surface area contributed by atoms with Gasteiger partial charge in [-0.15, -0.1) is 0 Å². The molecule has 0 spiro atoms. The van der Waals surface area contributed by atoms with Gasteiger partial charge in [-0.25, -0.2) is 9.18 Å². The van der Waals surface area contributed by atoms with E-state index in [0.717, 1.165) is 38.1 Å². The summed E-state index contributed by atoms with van der Waals surface area (Å²) in [6.07, 6.45) is -1.60. The molecule has 3 amide bonds. The molecule has 2 fully saturated rings. The Labute approximate surface area is 166 Å². The summed E-state index contributed by atoms with van der Waals surface area (Å²) in [5.41, 5.74) is 3.95. The van der Waals surface area contributed by atoms with Gasteiger partial charge in [-0.2, -0.15) is 13.2 Å². The molecule has 2 atom stereocenters. The summed E-state index contributed by atoms with van der Waals surface area (Å²) in [6, 6.07) is 0.181. The minimum absolute atomic E-state index is 0.209. The van der Waals surface area contributed by atoms with Gasteiger partial charge in [-0.3, -0.25) is 4.79 Å². The van der Waals surface area contributed by atoms with Crippen LogP contribution in [0.25, 0.3) is 0 Å². The van der Waals surface area contributed by atoms with Gasteiger partial charge in [0, 0.05) is 24.7 Å². The molecule has 10 heteroatoms. The fraction of sp³-hybridized carbons (Fsp3) is 0.579. The second-order valence-electron chi connectivity index (χ2n) is 7.57. The van der Waals surface area contributed by atoms with E-state index in [1.54, 1.807) is 0 Å². The number of hydrogen-bond acceptors (Lipinski definition) is 3. The van der Waals surface area contributed by atoms with Gasteiger partial charge in [-0.05, 0) is 57.0 Å². The van der Waals surface area contributed by atoms with Gasteiger partial charge in [0.05, 0.1) is 5.56 Å². The Bertz CT molecular complexity index is 765. The maximum atomic E-state index is 14.3. The summed E-state index contributed by atoms with van der Waals surface area (Å²) < 4.78 is 53.4. The van der Waals surface area contributed by atoms with Gasteiger partial charge in [-0.1, -0.05) is 0 Å². The predicted octanol–water partition coefficient (Wildman–Crippen LogP) is 2.47. The lowest BCUT2D eigenvalue weighted by Gasteiger charge is -2.41. The van der Waals surface area contributed by atoms with Gasteiger partial charge in [0.15, 0.2) is 0 Å². The van der Waals surface area contributed by atoms with E-state index < -0.39 is 35.5 Å². The molecule has 0 bridgehead atoms. The minimum atomic E-state index is -4.61. The summed E-state index contributed by atoms with van der Waals surface area (Å²) >= 11 is 0. The van der Waals surface area contributed by atoms with E-state index in [-0.39, 0.29) is 18.2 Å². The van der Waals surface area contributed by atoms with Crippen LogP contribution >= 0.6 is 0 Å². The van der Waals surface area contributed by atoms with Gasteiger partial charge < -0.3 is 20.9 Å². The topological polar surface area (TPSA) is 78.7 Å². The molecular formula is C19H24F4N4O2. The fourth-order valence-electron chi connectivity index (χ4n) is 4.04. The van der Waals surface area contributed by atoms with Crippen LogP contribution in [0.3, 0.4) is 0 Å². The molecule has 0 aliphatic carbocycles. The zero-order valence-corrected chi connectivity index (χ0v) is 15.8. The van der Waals surface area contributed by atoms with Gasteiger partial charge in [0.1, 0.15) is 11.9 Å². The van der Waals surface area contributed by atoms with Crippen LogP contribution in [-0.2, 0) is 17.5 Å². The number of alkyl halides is 3. The summed E-state index contributed by atoms with van der Waals surface area (Å²) in [4.78, 5) is 27.7. The first-order chi connectivity index (χ1) is 13.6. The Morgan fingerprint density at radius 2 is 1.90 bits per heavy atom. The number of halogens is 4. The van der Waals surface area contributed by atoms with Crippen molar-refractivity contribution in [3.63, 3.8) is 0 Å². The van der Waals surface area contributed by atoms with E-state index in [4.69, 9.17) is 5.73 Å². The van der Waals surface area contributed by atoms with Crippen LogP contribution < -0.4 is 11.1 Å². The number of carbonyl (C=O) groups is 2. The third-order valence-electron chi connectivity index (χ3n) is 5.51. The molecule has 2 saturated heterocycles. The molecule has 3 rings (SSSR count). The molecule has 0 aromatic heterocycles. The van der Waals surface area contributed by atoms with E-state index in [9.17, 15) is 27.2 Å². The van der Waals surface area contributed by atoms with Crippen molar-refractivity contribution in [1.29, 1.82) is 0 Å². The number of hydrogen-bond donors (Lipinski definition) is 2. The predicted molar refractivity (Wildman–Crippen MR) is 97.2 cm³/mol. The standard InChI is InChI=1S/C19H24F4N4O2/c20-15-5-3-13(19(21,22)23)9-12(15)10-27-14(11-26-7-1-2-8-26)4-6-16(17(27)28)25-18(24)29/h3,5,9,14,16H,1-2,4,6-8,10-11H2,(H3,24,25,29)/t14-,16+/m0/s1. The van der Waals surface area contributed by atoms with Crippen LogP contribution in [0.2, 0.25) is 0 Å². The lowest BCUT2D eigenvalue weighted by Crippen LogP contribution is -2.58. The lowest BCUT2D eigenvalue weighted by molar-refractivity contribution is -0.140. The highest BCUT2D eigenvalue weighted by molar-refractivity contribution is 5.87. The maximum Gasteiger partial charge on any atom is 0.416 e. The van der Waals surface area contributed by atoms with Crippen molar-refractivity contribution in [3.8, 4) is 0 Å². The third kappa shape index (κ3) is 5.17.